The van der Waals surface area contributed by atoms with E-state index in [1.165, 1.54) is 24.8 Å². The average molecular weight is 260 g/mol. The summed E-state index contributed by atoms with van der Waals surface area (Å²) in [5.41, 5.74) is 1.91. The van der Waals surface area contributed by atoms with E-state index in [0.29, 0.717) is 0 Å². The number of benzene rings is 1. The second-order valence-electron chi connectivity index (χ2n) is 5.81. The predicted octanol–water partition coefficient (Wildman–Crippen LogP) is 3.31. The van der Waals surface area contributed by atoms with E-state index in [1.807, 2.05) is 25.2 Å². The van der Waals surface area contributed by atoms with Gasteiger partial charge in [0.05, 0.1) is 0 Å². The third-order valence-electron chi connectivity index (χ3n) is 4.07. The lowest BCUT2D eigenvalue weighted by molar-refractivity contribution is -0.126. The van der Waals surface area contributed by atoms with Crippen molar-refractivity contribution >= 4 is 11.6 Å². The molecule has 1 fully saturated rings. The summed E-state index contributed by atoms with van der Waals surface area (Å²) in [5, 5.41) is 6.21. The van der Waals surface area contributed by atoms with Crippen LogP contribution in [-0.4, -0.2) is 13.0 Å². The average Bonchev–Trinajstić information content (AvgIpc) is 2.40. The summed E-state index contributed by atoms with van der Waals surface area (Å²) in [6.07, 6.45) is 5.62. The zero-order chi connectivity index (χ0) is 13.7. The molecule has 3 nitrogen and oxygen atoms in total. The Labute approximate surface area is 115 Å². The molecule has 1 aliphatic carbocycles. The molecule has 104 valence electrons. The molecule has 0 saturated heterocycles. The molecule has 0 atom stereocenters. The Balaban J connectivity index is 2.03. The van der Waals surface area contributed by atoms with Crippen LogP contribution in [0.5, 0.6) is 0 Å². The molecule has 0 radical (unpaired) electrons. The lowest BCUT2D eigenvalue weighted by atomic mass is 9.75. The van der Waals surface area contributed by atoms with Crippen molar-refractivity contribution in [3.63, 3.8) is 0 Å². The monoisotopic (exact) mass is 260 g/mol. The Hall–Kier alpha value is -1.35. The Kier molecular flexibility index (Phi) is 4.59. The smallest absolute Gasteiger partial charge is 0.230 e. The number of carbonyl (C=O) groups is 1. The van der Waals surface area contributed by atoms with Gasteiger partial charge in [-0.05, 0) is 37.6 Å². The number of rotatable bonds is 4. The maximum absolute atomic E-state index is 12.4. The van der Waals surface area contributed by atoms with E-state index in [9.17, 15) is 4.79 Å². The number of carbonyl (C=O) groups excluding carboxylic acids is 1. The van der Waals surface area contributed by atoms with Crippen molar-refractivity contribution in [3.8, 4) is 0 Å². The van der Waals surface area contributed by atoms with E-state index in [4.69, 9.17) is 0 Å². The normalized spacial score (nSPS) is 18.0. The molecule has 1 amide bonds. The molecule has 0 spiro atoms. The molecule has 1 saturated carbocycles. The fraction of sp³-hybridized carbons (Fsp3) is 0.562. The van der Waals surface area contributed by atoms with Crippen molar-refractivity contribution in [2.45, 2.75) is 45.6 Å². The molecular formula is C16H24N2O. The second-order valence-corrected chi connectivity index (χ2v) is 5.81. The molecule has 1 aliphatic rings. The highest BCUT2D eigenvalue weighted by molar-refractivity contribution is 5.95. The molecule has 0 heterocycles. The Morgan fingerprint density at radius 1 is 1.26 bits per heavy atom. The molecule has 0 aromatic heterocycles. The lowest BCUT2D eigenvalue weighted by Crippen LogP contribution is -2.35. The number of anilines is 1. The molecule has 0 unspecified atom stereocenters. The molecule has 1 aromatic carbocycles. The van der Waals surface area contributed by atoms with E-state index in [1.54, 1.807) is 0 Å². The highest BCUT2D eigenvalue weighted by Gasteiger charge is 2.34. The SMILES string of the molecule is CNCc1cccc(NC(=O)C2(C)CCCCC2)c1. The standard InChI is InChI=1S/C16H24N2O/c1-16(9-4-3-5-10-16)15(19)18-14-8-6-7-13(11-14)12-17-2/h6-8,11,17H,3-5,9-10,12H2,1-2H3,(H,18,19). The van der Waals surface area contributed by atoms with Crippen LogP contribution in [0.2, 0.25) is 0 Å². The van der Waals surface area contributed by atoms with Crippen molar-refractivity contribution in [2.24, 2.45) is 5.41 Å². The first-order valence-corrected chi connectivity index (χ1v) is 7.19. The van der Waals surface area contributed by atoms with Gasteiger partial charge in [-0.3, -0.25) is 4.79 Å². The molecule has 0 aliphatic heterocycles. The van der Waals surface area contributed by atoms with Crippen molar-refractivity contribution in [1.29, 1.82) is 0 Å². The van der Waals surface area contributed by atoms with Gasteiger partial charge in [0, 0.05) is 17.6 Å². The summed E-state index contributed by atoms with van der Waals surface area (Å²) in [6.45, 7) is 2.92. The molecular weight excluding hydrogens is 236 g/mol. The van der Waals surface area contributed by atoms with E-state index in [-0.39, 0.29) is 11.3 Å². The number of hydrogen-bond acceptors (Lipinski definition) is 2. The van der Waals surface area contributed by atoms with E-state index >= 15 is 0 Å². The Bertz CT molecular complexity index is 436. The van der Waals surface area contributed by atoms with E-state index in [2.05, 4.69) is 23.6 Å². The van der Waals surface area contributed by atoms with Gasteiger partial charge in [-0.1, -0.05) is 38.3 Å². The topological polar surface area (TPSA) is 41.1 Å². The van der Waals surface area contributed by atoms with Gasteiger partial charge in [0.1, 0.15) is 0 Å². The predicted molar refractivity (Wildman–Crippen MR) is 79.0 cm³/mol. The van der Waals surface area contributed by atoms with Crippen molar-refractivity contribution in [3.05, 3.63) is 29.8 Å². The maximum Gasteiger partial charge on any atom is 0.230 e. The van der Waals surface area contributed by atoms with Crippen molar-refractivity contribution in [1.82, 2.24) is 5.32 Å². The van der Waals surface area contributed by atoms with Gasteiger partial charge >= 0.3 is 0 Å². The first-order chi connectivity index (χ1) is 9.14. The lowest BCUT2D eigenvalue weighted by Gasteiger charge is -2.32. The first-order valence-electron chi connectivity index (χ1n) is 7.19. The van der Waals surface area contributed by atoms with Crippen LogP contribution >= 0.6 is 0 Å². The van der Waals surface area contributed by atoms with Crippen molar-refractivity contribution in [2.75, 3.05) is 12.4 Å². The minimum atomic E-state index is -0.183. The van der Waals surface area contributed by atoms with Gasteiger partial charge < -0.3 is 10.6 Å². The van der Waals surface area contributed by atoms with E-state index in [0.717, 1.165) is 25.1 Å². The highest BCUT2D eigenvalue weighted by Crippen LogP contribution is 2.36. The van der Waals surface area contributed by atoms with Crippen LogP contribution < -0.4 is 10.6 Å². The van der Waals surface area contributed by atoms with Crippen LogP contribution in [0.4, 0.5) is 5.69 Å². The highest BCUT2D eigenvalue weighted by atomic mass is 16.2. The summed E-state index contributed by atoms with van der Waals surface area (Å²) in [4.78, 5) is 12.4. The number of hydrogen-bond donors (Lipinski definition) is 2. The van der Waals surface area contributed by atoms with Crippen LogP contribution in [-0.2, 0) is 11.3 Å². The molecule has 2 rings (SSSR count). The van der Waals surface area contributed by atoms with Gasteiger partial charge in [-0.25, -0.2) is 0 Å². The minimum Gasteiger partial charge on any atom is -0.326 e. The second kappa shape index (κ2) is 6.20. The number of nitrogens with one attached hydrogen (secondary N) is 2. The van der Waals surface area contributed by atoms with Gasteiger partial charge in [-0.2, -0.15) is 0 Å². The molecule has 19 heavy (non-hydrogen) atoms. The number of amides is 1. The molecule has 2 N–H and O–H groups in total. The molecule has 0 bridgehead atoms. The summed E-state index contributed by atoms with van der Waals surface area (Å²) in [6, 6.07) is 8.06. The molecule has 1 aromatic rings. The van der Waals surface area contributed by atoms with Crippen LogP contribution in [0.25, 0.3) is 0 Å². The van der Waals surface area contributed by atoms with Crippen molar-refractivity contribution < 1.29 is 4.79 Å². The quantitative estimate of drug-likeness (QED) is 0.872. The third-order valence-corrected chi connectivity index (χ3v) is 4.07. The fourth-order valence-electron chi connectivity index (χ4n) is 2.80. The maximum atomic E-state index is 12.4. The largest absolute Gasteiger partial charge is 0.326 e. The third kappa shape index (κ3) is 3.57. The fourth-order valence-corrected chi connectivity index (χ4v) is 2.80. The minimum absolute atomic E-state index is 0.175. The van der Waals surface area contributed by atoms with Crippen LogP contribution in [0, 0.1) is 5.41 Å². The van der Waals surface area contributed by atoms with E-state index < -0.39 is 0 Å². The Morgan fingerprint density at radius 2 is 2.00 bits per heavy atom. The van der Waals surface area contributed by atoms with Gasteiger partial charge in [-0.15, -0.1) is 0 Å². The summed E-state index contributed by atoms with van der Waals surface area (Å²) >= 11 is 0. The van der Waals surface area contributed by atoms with Crippen LogP contribution in [0.3, 0.4) is 0 Å². The zero-order valence-electron chi connectivity index (χ0n) is 12.0. The summed E-state index contributed by atoms with van der Waals surface area (Å²) < 4.78 is 0. The van der Waals surface area contributed by atoms with Crippen LogP contribution in [0.1, 0.15) is 44.6 Å². The first kappa shape index (κ1) is 14.1. The Morgan fingerprint density at radius 3 is 2.68 bits per heavy atom. The van der Waals surface area contributed by atoms with Gasteiger partial charge in [0.25, 0.3) is 0 Å². The molecule has 3 heteroatoms. The summed E-state index contributed by atoms with van der Waals surface area (Å²) in [7, 11) is 1.92. The van der Waals surface area contributed by atoms with Crippen LogP contribution in [0.15, 0.2) is 24.3 Å². The van der Waals surface area contributed by atoms with Gasteiger partial charge in [0.15, 0.2) is 0 Å². The van der Waals surface area contributed by atoms with Gasteiger partial charge in [0.2, 0.25) is 5.91 Å². The zero-order valence-corrected chi connectivity index (χ0v) is 12.0. The summed E-state index contributed by atoms with van der Waals surface area (Å²) in [5.74, 6) is 0.175.